The van der Waals surface area contributed by atoms with E-state index in [1.165, 1.54) is 19.4 Å². The Morgan fingerprint density at radius 1 is 1.06 bits per heavy atom. The quantitative estimate of drug-likeness (QED) is 0.440. The number of rotatable bonds is 9. The minimum absolute atomic E-state index is 0.0377. The molecular weight excluding hydrogens is 437 g/mol. The van der Waals surface area contributed by atoms with Gasteiger partial charge in [0.1, 0.15) is 16.5 Å². The van der Waals surface area contributed by atoms with Gasteiger partial charge in [-0.2, -0.15) is 8.42 Å². The molecule has 0 spiro atoms. The highest BCUT2D eigenvalue weighted by Crippen LogP contribution is 2.31. The average Bonchev–Trinajstić information content (AvgIpc) is 3.26. The van der Waals surface area contributed by atoms with E-state index in [-0.39, 0.29) is 41.3 Å². The van der Waals surface area contributed by atoms with Crippen molar-refractivity contribution in [2.45, 2.75) is 31.8 Å². The maximum Gasteiger partial charge on any atom is 0.339 e. The topological polar surface area (TPSA) is 86.0 Å². The third-order valence-corrected chi connectivity index (χ3v) is 5.88. The van der Waals surface area contributed by atoms with Crippen LogP contribution < -0.4 is 8.92 Å². The van der Waals surface area contributed by atoms with E-state index < -0.39 is 15.9 Å². The fourth-order valence-corrected chi connectivity index (χ4v) is 3.97. The van der Waals surface area contributed by atoms with Crippen LogP contribution in [0.2, 0.25) is 0 Å². The highest BCUT2D eigenvalue weighted by atomic mass is 32.2. The number of ether oxygens (including phenoxy) is 1. The van der Waals surface area contributed by atoms with Crippen LogP contribution in [0.4, 0.5) is 4.39 Å². The third-order valence-electron chi connectivity index (χ3n) is 4.64. The number of carbonyl (C=O) groups is 1. The van der Waals surface area contributed by atoms with E-state index in [2.05, 4.69) is 0 Å². The summed E-state index contributed by atoms with van der Waals surface area (Å²) in [6, 6.07) is 12.6. The van der Waals surface area contributed by atoms with Crippen LogP contribution in [0.3, 0.4) is 0 Å². The van der Waals surface area contributed by atoms with Crippen LogP contribution in [-0.2, 0) is 28.0 Å². The number of hydrogen-bond acceptors (Lipinski definition) is 6. The van der Waals surface area contributed by atoms with Gasteiger partial charge in [0.05, 0.1) is 19.9 Å². The number of hydrogen-bond donors (Lipinski definition) is 0. The molecule has 0 aliphatic carbocycles. The van der Waals surface area contributed by atoms with Gasteiger partial charge in [-0.25, -0.2) is 4.39 Å². The Morgan fingerprint density at radius 3 is 2.38 bits per heavy atom. The molecule has 9 heteroatoms. The summed E-state index contributed by atoms with van der Waals surface area (Å²) in [7, 11) is -2.83. The minimum Gasteiger partial charge on any atom is -0.493 e. The van der Waals surface area contributed by atoms with Crippen molar-refractivity contribution in [1.82, 2.24) is 4.90 Å². The number of carbonyl (C=O) groups excluding carboxylic acids is 1. The van der Waals surface area contributed by atoms with E-state index in [4.69, 9.17) is 13.3 Å². The van der Waals surface area contributed by atoms with Crippen LogP contribution in [0.15, 0.2) is 70.2 Å². The molecule has 0 saturated carbocycles. The van der Waals surface area contributed by atoms with Crippen molar-refractivity contribution < 1.29 is 30.9 Å². The number of amides is 1. The number of halogens is 1. The molecule has 0 saturated heterocycles. The first-order chi connectivity index (χ1) is 15.2. The summed E-state index contributed by atoms with van der Waals surface area (Å²) < 4.78 is 54.3. The Labute approximate surface area is 186 Å². The lowest BCUT2D eigenvalue weighted by molar-refractivity contribution is -0.136. The van der Waals surface area contributed by atoms with Crippen molar-refractivity contribution in [3.05, 3.63) is 78.0 Å². The van der Waals surface area contributed by atoms with E-state index in [9.17, 15) is 17.6 Å². The molecule has 2 aromatic carbocycles. The summed E-state index contributed by atoms with van der Waals surface area (Å²) in [6.07, 6.45) is 1.53. The standard InChI is InChI=1S/C23H24FNO6S/c1-16(2)23(26)25(15-19-5-4-12-30-19)14-17-6-11-21(29-3)22(13-17)31-32(27,28)20-9-7-18(24)8-10-20/h4-13,16H,14-15H2,1-3H3. The monoisotopic (exact) mass is 461 g/mol. The highest BCUT2D eigenvalue weighted by molar-refractivity contribution is 7.87. The van der Waals surface area contributed by atoms with Crippen molar-refractivity contribution >= 4 is 16.0 Å². The molecule has 0 radical (unpaired) electrons. The maximum atomic E-state index is 13.2. The van der Waals surface area contributed by atoms with Gasteiger partial charge in [0, 0.05) is 12.5 Å². The zero-order valence-electron chi connectivity index (χ0n) is 17.9. The first-order valence-corrected chi connectivity index (χ1v) is 11.3. The summed E-state index contributed by atoms with van der Waals surface area (Å²) in [4.78, 5) is 14.1. The van der Waals surface area contributed by atoms with Crippen LogP contribution in [0.1, 0.15) is 25.2 Å². The first-order valence-electron chi connectivity index (χ1n) is 9.87. The smallest absolute Gasteiger partial charge is 0.339 e. The van der Waals surface area contributed by atoms with Gasteiger partial charge in [-0.05, 0) is 54.1 Å². The van der Waals surface area contributed by atoms with E-state index in [0.29, 0.717) is 11.3 Å². The second kappa shape index (κ2) is 9.86. The molecule has 0 aliphatic rings. The SMILES string of the molecule is COc1ccc(CN(Cc2ccco2)C(=O)C(C)C)cc1OS(=O)(=O)c1ccc(F)cc1. The second-order valence-corrected chi connectivity index (χ2v) is 8.95. The van der Waals surface area contributed by atoms with Gasteiger partial charge in [-0.3, -0.25) is 4.79 Å². The molecule has 0 unspecified atom stereocenters. The fraction of sp³-hybridized carbons (Fsp3) is 0.261. The van der Waals surface area contributed by atoms with Crippen LogP contribution in [0.5, 0.6) is 11.5 Å². The van der Waals surface area contributed by atoms with Crippen molar-refractivity contribution in [3.8, 4) is 11.5 Å². The number of benzene rings is 2. The lowest BCUT2D eigenvalue weighted by Crippen LogP contribution is -2.33. The molecule has 0 bridgehead atoms. The van der Waals surface area contributed by atoms with Gasteiger partial charge < -0.3 is 18.2 Å². The molecule has 0 N–H and O–H groups in total. The molecular formula is C23H24FNO6S. The van der Waals surface area contributed by atoms with E-state index in [1.807, 2.05) is 0 Å². The summed E-state index contributed by atoms with van der Waals surface area (Å²) in [5.74, 6) is -0.0919. The Bertz CT molecular complexity index is 1160. The largest absolute Gasteiger partial charge is 0.493 e. The molecule has 0 aliphatic heterocycles. The molecule has 0 atom stereocenters. The van der Waals surface area contributed by atoms with Crippen molar-refractivity contribution in [1.29, 1.82) is 0 Å². The zero-order chi connectivity index (χ0) is 23.3. The van der Waals surface area contributed by atoms with Gasteiger partial charge >= 0.3 is 10.1 Å². The number of furan rings is 1. The summed E-state index contributed by atoms with van der Waals surface area (Å²) in [5, 5.41) is 0. The van der Waals surface area contributed by atoms with Crippen molar-refractivity contribution in [3.63, 3.8) is 0 Å². The molecule has 170 valence electrons. The minimum atomic E-state index is -4.22. The summed E-state index contributed by atoms with van der Waals surface area (Å²) >= 11 is 0. The van der Waals surface area contributed by atoms with Crippen LogP contribution >= 0.6 is 0 Å². The molecule has 1 heterocycles. The third kappa shape index (κ3) is 5.67. The molecule has 7 nitrogen and oxygen atoms in total. The second-order valence-electron chi connectivity index (χ2n) is 7.40. The van der Waals surface area contributed by atoms with Crippen LogP contribution in [0, 0.1) is 11.7 Å². The van der Waals surface area contributed by atoms with Gasteiger partial charge in [0.25, 0.3) is 0 Å². The predicted molar refractivity (Wildman–Crippen MR) is 115 cm³/mol. The molecule has 3 rings (SSSR count). The van der Waals surface area contributed by atoms with Gasteiger partial charge in [0.15, 0.2) is 11.5 Å². The Balaban J connectivity index is 1.88. The average molecular weight is 462 g/mol. The fourth-order valence-electron chi connectivity index (χ4n) is 3.04. The zero-order valence-corrected chi connectivity index (χ0v) is 18.8. The van der Waals surface area contributed by atoms with Gasteiger partial charge in [-0.1, -0.05) is 19.9 Å². The maximum absolute atomic E-state index is 13.2. The van der Waals surface area contributed by atoms with Crippen molar-refractivity contribution in [2.75, 3.05) is 7.11 Å². The van der Waals surface area contributed by atoms with Gasteiger partial charge in [0.2, 0.25) is 5.91 Å². The Kier molecular flexibility index (Phi) is 7.19. The molecule has 3 aromatic rings. The van der Waals surface area contributed by atoms with Gasteiger partial charge in [-0.15, -0.1) is 0 Å². The first kappa shape index (κ1) is 23.3. The molecule has 1 aromatic heterocycles. The summed E-state index contributed by atoms with van der Waals surface area (Å²) in [5.41, 5.74) is 0.635. The molecule has 32 heavy (non-hydrogen) atoms. The summed E-state index contributed by atoms with van der Waals surface area (Å²) in [6.45, 7) is 4.07. The van der Waals surface area contributed by atoms with E-state index >= 15 is 0 Å². The van der Waals surface area contributed by atoms with E-state index in [1.54, 1.807) is 43.0 Å². The highest BCUT2D eigenvalue weighted by Gasteiger charge is 2.22. The Hall–Kier alpha value is -3.33. The predicted octanol–water partition coefficient (Wildman–Crippen LogP) is 4.38. The lowest BCUT2D eigenvalue weighted by Gasteiger charge is -2.24. The molecule has 0 fully saturated rings. The molecule has 1 amide bonds. The number of methoxy groups -OCH3 is 1. The van der Waals surface area contributed by atoms with Crippen LogP contribution in [0.25, 0.3) is 0 Å². The normalized spacial score (nSPS) is 11.4. The number of nitrogens with zero attached hydrogens (tertiary/aromatic N) is 1. The lowest BCUT2D eigenvalue weighted by atomic mass is 10.1. The van der Waals surface area contributed by atoms with Crippen LogP contribution in [-0.4, -0.2) is 26.3 Å². The van der Waals surface area contributed by atoms with Crippen molar-refractivity contribution in [2.24, 2.45) is 5.92 Å². The Morgan fingerprint density at radius 2 is 1.78 bits per heavy atom. The van der Waals surface area contributed by atoms with E-state index in [0.717, 1.165) is 24.3 Å².